The molecule has 0 rings (SSSR count). The van der Waals surface area contributed by atoms with Crippen molar-refractivity contribution in [3.63, 3.8) is 0 Å². The van der Waals surface area contributed by atoms with Crippen LogP contribution in [-0.2, 0) is 21.1 Å². The molecule has 0 heterocycles. The summed E-state index contributed by atoms with van der Waals surface area (Å²) < 4.78 is 0. The van der Waals surface area contributed by atoms with Gasteiger partial charge in [-0.3, -0.25) is 0 Å². The first-order valence-corrected chi connectivity index (χ1v) is 4.97. The summed E-state index contributed by atoms with van der Waals surface area (Å²) in [6, 6.07) is 0. The van der Waals surface area contributed by atoms with E-state index in [9.17, 15) is 0 Å². The maximum Gasteiger partial charge on any atom is 2.00 e. The number of halogens is 2. The van der Waals surface area contributed by atoms with Gasteiger partial charge in [0.1, 0.15) is 0 Å². The van der Waals surface area contributed by atoms with E-state index in [-0.39, 0.29) is 45.9 Å². The predicted molar refractivity (Wildman–Crippen MR) is 38.5 cm³/mol. The van der Waals surface area contributed by atoms with Gasteiger partial charge in [-0.15, -0.1) is 7.92 Å². The van der Waals surface area contributed by atoms with Crippen LogP contribution in [-0.4, -0.2) is 18.5 Å². The van der Waals surface area contributed by atoms with Gasteiger partial charge in [0.15, 0.2) is 0 Å². The summed E-state index contributed by atoms with van der Waals surface area (Å²) in [5, 5.41) is 0. The monoisotopic (exact) mass is 383 g/mol. The van der Waals surface area contributed by atoms with Gasteiger partial charge in [-0.25, -0.2) is 0 Å². The molecule has 0 bridgehead atoms. The Balaban J connectivity index is -0.0000000600. The number of hydrogen-bond acceptors (Lipinski definition) is 0. The summed E-state index contributed by atoms with van der Waals surface area (Å²) in [6.45, 7) is 6.87. The molecule has 0 saturated heterocycles. The first kappa shape index (κ1) is 22.6. The molecule has 0 aromatic rings. The zero-order chi connectivity index (χ0) is 5.70. The van der Waals surface area contributed by atoms with Gasteiger partial charge in [0.05, 0.1) is 0 Å². The standard InChI is InChI=1S/C6H15P.2ClH.Pt/c1-4-7(5-2)6-3;;;/h4-6H2,1-3H3;2*1H;/q;;;+2/p-2. The molecule has 0 nitrogen and oxygen atoms in total. The van der Waals surface area contributed by atoms with Crippen molar-refractivity contribution >= 4 is 7.92 Å². The Labute approximate surface area is 92.8 Å². The Morgan fingerprint density at radius 1 is 0.800 bits per heavy atom. The van der Waals surface area contributed by atoms with Crippen LogP contribution in [0, 0.1) is 0 Å². The minimum absolute atomic E-state index is 0. The average Bonchev–Trinajstić information content (AvgIpc) is 1.72. The second kappa shape index (κ2) is 17.0. The molecule has 0 aliphatic rings. The summed E-state index contributed by atoms with van der Waals surface area (Å²) in [5.74, 6) is 0. The Morgan fingerprint density at radius 2 is 1.00 bits per heavy atom. The molecule has 4 heteroatoms. The summed E-state index contributed by atoms with van der Waals surface area (Å²) in [6.07, 6.45) is 4.26. The van der Waals surface area contributed by atoms with Crippen LogP contribution in [0.2, 0.25) is 0 Å². The third-order valence-electron chi connectivity index (χ3n) is 1.34. The van der Waals surface area contributed by atoms with E-state index in [0.717, 1.165) is 0 Å². The van der Waals surface area contributed by atoms with Gasteiger partial charge >= 0.3 is 21.1 Å². The molecule has 0 radical (unpaired) electrons. The Kier molecular flexibility index (Phi) is 38.4. The van der Waals surface area contributed by atoms with E-state index in [1.165, 1.54) is 18.5 Å². The molecule has 0 aliphatic heterocycles. The van der Waals surface area contributed by atoms with Crippen molar-refractivity contribution in [1.82, 2.24) is 0 Å². The summed E-state index contributed by atoms with van der Waals surface area (Å²) in [5.41, 5.74) is 0. The maximum atomic E-state index is 2.29. The number of hydrogen-bond donors (Lipinski definition) is 0. The third kappa shape index (κ3) is 12.4. The predicted octanol–water partition coefficient (Wildman–Crippen LogP) is -3.47. The van der Waals surface area contributed by atoms with E-state index < -0.39 is 0 Å². The minimum Gasteiger partial charge on any atom is -1.00 e. The molecule has 10 heavy (non-hydrogen) atoms. The van der Waals surface area contributed by atoms with Crippen LogP contribution in [0.3, 0.4) is 0 Å². The number of rotatable bonds is 3. The van der Waals surface area contributed by atoms with Crippen LogP contribution in [0.1, 0.15) is 20.8 Å². The van der Waals surface area contributed by atoms with Crippen molar-refractivity contribution in [2.24, 2.45) is 0 Å². The molecule has 0 aliphatic carbocycles. The summed E-state index contributed by atoms with van der Waals surface area (Å²) >= 11 is 0. The molecule has 0 unspecified atom stereocenters. The first-order chi connectivity index (χ1) is 3.35. The second-order valence-electron chi connectivity index (χ2n) is 1.62. The topological polar surface area (TPSA) is 0 Å². The van der Waals surface area contributed by atoms with Crippen molar-refractivity contribution in [2.75, 3.05) is 18.5 Å². The molecular weight excluding hydrogens is 369 g/mol. The summed E-state index contributed by atoms with van der Waals surface area (Å²) in [7, 11) is 0.446. The van der Waals surface area contributed by atoms with Gasteiger partial charge in [0, 0.05) is 0 Å². The van der Waals surface area contributed by atoms with Crippen LogP contribution < -0.4 is 24.8 Å². The van der Waals surface area contributed by atoms with E-state index in [4.69, 9.17) is 0 Å². The van der Waals surface area contributed by atoms with E-state index in [2.05, 4.69) is 20.8 Å². The van der Waals surface area contributed by atoms with E-state index in [1.54, 1.807) is 0 Å². The molecule has 0 amide bonds. The second-order valence-corrected chi connectivity index (χ2v) is 4.86. The average molecular weight is 384 g/mol. The van der Waals surface area contributed by atoms with Crippen LogP contribution >= 0.6 is 7.92 Å². The van der Waals surface area contributed by atoms with Gasteiger partial charge in [-0.05, 0) is 18.5 Å². The zero-order valence-corrected chi connectivity index (χ0v) is 11.3. The largest absolute Gasteiger partial charge is 2.00 e. The molecule has 0 aromatic carbocycles. The molecule has 0 spiro atoms. The first-order valence-electron chi connectivity index (χ1n) is 3.07. The zero-order valence-electron chi connectivity index (χ0n) is 6.64. The van der Waals surface area contributed by atoms with Crippen LogP contribution in [0.25, 0.3) is 0 Å². The minimum atomic E-state index is 0. The normalized spacial score (nSPS) is 7.20. The van der Waals surface area contributed by atoms with Gasteiger partial charge in [0.2, 0.25) is 0 Å². The maximum absolute atomic E-state index is 2.29. The van der Waals surface area contributed by atoms with E-state index >= 15 is 0 Å². The summed E-state index contributed by atoms with van der Waals surface area (Å²) in [4.78, 5) is 0. The molecule has 0 saturated carbocycles. The fourth-order valence-electron chi connectivity index (χ4n) is 0.671. The molecular formula is C6H15Cl2PPt. The van der Waals surface area contributed by atoms with Crippen molar-refractivity contribution < 1.29 is 45.9 Å². The van der Waals surface area contributed by atoms with Crippen molar-refractivity contribution in [2.45, 2.75) is 20.8 Å². The fourth-order valence-corrected chi connectivity index (χ4v) is 2.01. The Morgan fingerprint density at radius 3 is 1.00 bits per heavy atom. The van der Waals surface area contributed by atoms with Crippen LogP contribution in [0.4, 0.5) is 0 Å². The van der Waals surface area contributed by atoms with Crippen molar-refractivity contribution in [3.8, 4) is 0 Å². The molecule has 0 fully saturated rings. The smallest absolute Gasteiger partial charge is 1.00 e. The fraction of sp³-hybridized carbons (Fsp3) is 1.00. The Bertz CT molecular complexity index is 37.2. The van der Waals surface area contributed by atoms with Crippen LogP contribution in [0.5, 0.6) is 0 Å². The van der Waals surface area contributed by atoms with Crippen molar-refractivity contribution in [1.29, 1.82) is 0 Å². The molecule has 0 N–H and O–H groups in total. The Hall–Kier alpha value is 1.70. The molecule has 0 aromatic heterocycles. The molecule has 0 atom stereocenters. The quantitative estimate of drug-likeness (QED) is 0.444. The molecule has 68 valence electrons. The van der Waals surface area contributed by atoms with Crippen LogP contribution in [0.15, 0.2) is 0 Å². The van der Waals surface area contributed by atoms with E-state index in [1.807, 2.05) is 0 Å². The van der Waals surface area contributed by atoms with Gasteiger partial charge in [-0.1, -0.05) is 20.8 Å². The van der Waals surface area contributed by atoms with Gasteiger partial charge in [-0.2, -0.15) is 0 Å². The third-order valence-corrected chi connectivity index (χ3v) is 4.02. The van der Waals surface area contributed by atoms with Gasteiger partial charge < -0.3 is 24.8 Å². The SMILES string of the molecule is CCP(CC)CC.[Cl-].[Cl-].[Pt+2]. The van der Waals surface area contributed by atoms with E-state index in [0.29, 0.717) is 7.92 Å². The van der Waals surface area contributed by atoms with Gasteiger partial charge in [0.25, 0.3) is 0 Å². The van der Waals surface area contributed by atoms with Crippen molar-refractivity contribution in [3.05, 3.63) is 0 Å².